The SMILES string of the molecule is CN(C(=O)Cc1cc(Cl)c(Cl)s1)[C@@H]1CCCC[C@H]1N1CCCC1. The third-order valence-corrected chi connectivity index (χ3v) is 7.08. The van der Waals surface area contributed by atoms with E-state index in [2.05, 4.69) is 4.90 Å². The van der Waals surface area contributed by atoms with E-state index in [4.69, 9.17) is 23.2 Å². The molecule has 1 amide bonds. The van der Waals surface area contributed by atoms with Crippen molar-refractivity contribution >= 4 is 40.4 Å². The summed E-state index contributed by atoms with van der Waals surface area (Å²) in [4.78, 5) is 18.3. The number of thiophene rings is 1. The lowest BCUT2D eigenvalue weighted by Crippen LogP contribution is -2.53. The molecule has 0 spiro atoms. The van der Waals surface area contributed by atoms with Crippen molar-refractivity contribution in [3.8, 4) is 0 Å². The van der Waals surface area contributed by atoms with E-state index in [9.17, 15) is 4.79 Å². The molecule has 0 unspecified atom stereocenters. The van der Waals surface area contributed by atoms with Gasteiger partial charge in [-0.1, -0.05) is 36.0 Å². The minimum absolute atomic E-state index is 0.177. The monoisotopic (exact) mass is 374 g/mol. The van der Waals surface area contributed by atoms with Gasteiger partial charge in [0.2, 0.25) is 5.91 Å². The summed E-state index contributed by atoms with van der Waals surface area (Å²) in [6.07, 6.45) is 7.85. The van der Waals surface area contributed by atoms with Gasteiger partial charge in [-0.15, -0.1) is 11.3 Å². The normalized spacial score (nSPS) is 25.7. The lowest BCUT2D eigenvalue weighted by Gasteiger charge is -2.42. The first kappa shape index (κ1) is 17.5. The molecule has 1 saturated heterocycles. The summed E-state index contributed by atoms with van der Waals surface area (Å²) >= 11 is 13.4. The first-order valence-electron chi connectivity index (χ1n) is 8.49. The van der Waals surface area contributed by atoms with Crippen LogP contribution in [0.1, 0.15) is 43.4 Å². The standard InChI is InChI=1S/C17H24Cl2N2OS/c1-20(16(22)11-12-10-13(18)17(19)23-12)14-6-2-3-7-15(14)21-8-4-5-9-21/h10,14-15H,2-9,11H2,1H3/t14-,15-/m1/s1. The van der Waals surface area contributed by atoms with Gasteiger partial charge in [0.15, 0.2) is 0 Å². The predicted octanol–water partition coefficient (Wildman–Crippen LogP) is 4.46. The van der Waals surface area contributed by atoms with Crippen molar-refractivity contribution < 1.29 is 4.79 Å². The molecule has 3 rings (SSSR count). The van der Waals surface area contributed by atoms with Gasteiger partial charge >= 0.3 is 0 Å². The first-order chi connectivity index (χ1) is 11.1. The number of hydrogen-bond donors (Lipinski definition) is 0. The maximum Gasteiger partial charge on any atom is 0.227 e. The molecule has 0 radical (unpaired) electrons. The first-order valence-corrected chi connectivity index (χ1v) is 10.1. The molecule has 6 heteroatoms. The van der Waals surface area contributed by atoms with Crippen molar-refractivity contribution in [2.75, 3.05) is 20.1 Å². The summed E-state index contributed by atoms with van der Waals surface area (Å²) in [5, 5.41) is 0.551. The summed E-state index contributed by atoms with van der Waals surface area (Å²) in [6.45, 7) is 2.39. The van der Waals surface area contributed by atoms with Crippen LogP contribution >= 0.6 is 34.5 Å². The van der Waals surface area contributed by atoms with Gasteiger partial charge in [-0.25, -0.2) is 0 Å². The maximum atomic E-state index is 12.7. The topological polar surface area (TPSA) is 23.6 Å². The van der Waals surface area contributed by atoms with Crippen molar-refractivity contribution in [2.24, 2.45) is 0 Å². The lowest BCUT2D eigenvalue weighted by atomic mass is 9.88. The Morgan fingerprint density at radius 3 is 2.61 bits per heavy atom. The molecule has 23 heavy (non-hydrogen) atoms. The van der Waals surface area contributed by atoms with E-state index < -0.39 is 0 Å². The van der Waals surface area contributed by atoms with E-state index >= 15 is 0 Å². The van der Waals surface area contributed by atoms with Crippen LogP contribution in [0, 0.1) is 0 Å². The Morgan fingerprint density at radius 1 is 1.26 bits per heavy atom. The maximum absolute atomic E-state index is 12.7. The molecule has 1 aliphatic carbocycles. The Hall–Kier alpha value is -0.290. The largest absolute Gasteiger partial charge is 0.341 e. The van der Waals surface area contributed by atoms with Gasteiger partial charge in [0.1, 0.15) is 4.34 Å². The molecule has 128 valence electrons. The van der Waals surface area contributed by atoms with E-state index in [0.717, 1.165) is 11.3 Å². The summed E-state index contributed by atoms with van der Waals surface area (Å²) < 4.78 is 0.574. The van der Waals surface area contributed by atoms with Crippen LogP contribution in [-0.4, -0.2) is 47.9 Å². The highest BCUT2D eigenvalue weighted by atomic mass is 35.5. The Kier molecular flexibility index (Phi) is 5.89. The van der Waals surface area contributed by atoms with Crippen LogP contribution in [-0.2, 0) is 11.2 Å². The third kappa shape index (κ3) is 4.04. The van der Waals surface area contributed by atoms with Crippen molar-refractivity contribution in [1.82, 2.24) is 9.80 Å². The number of hydrogen-bond acceptors (Lipinski definition) is 3. The van der Waals surface area contributed by atoms with E-state index in [1.165, 1.54) is 56.5 Å². The van der Waals surface area contributed by atoms with Crippen molar-refractivity contribution in [3.63, 3.8) is 0 Å². The molecule has 1 aliphatic heterocycles. The summed E-state index contributed by atoms with van der Waals surface area (Å²) in [5.41, 5.74) is 0. The Morgan fingerprint density at radius 2 is 1.96 bits per heavy atom. The Balaban J connectivity index is 1.66. The van der Waals surface area contributed by atoms with Crippen LogP contribution in [0.4, 0.5) is 0 Å². The minimum atomic E-state index is 0.177. The second-order valence-electron chi connectivity index (χ2n) is 6.68. The smallest absolute Gasteiger partial charge is 0.227 e. The van der Waals surface area contributed by atoms with Crippen LogP contribution in [0.2, 0.25) is 9.36 Å². The van der Waals surface area contributed by atoms with Crippen molar-refractivity contribution in [3.05, 3.63) is 20.3 Å². The van der Waals surface area contributed by atoms with E-state index in [-0.39, 0.29) is 5.91 Å². The fourth-order valence-electron chi connectivity index (χ4n) is 3.98. The Bertz CT molecular complexity index is 537. The fourth-order valence-corrected chi connectivity index (χ4v) is 5.40. The molecule has 2 heterocycles. The number of likely N-dealkylation sites (tertiary alicyclic amines) is 1. The molecule has 1 saturated carbocycles. The van der Waals surface area contributed by atoms with E-state index in [0.29, 0.717) is 27.9 Å². The number of likely N-dealkylation sites (N-methyl/N-ethyl adjacent to an activating group) is 1. The molecule has 0 bridgehead atoms. The average Bonchev–Trinajstić information content (AvgIpc) is 3.17. The van der Waals surface area contributed by atoms with Gasteiger partial charge in [0.05, 0.1) is 11.4 Å². The number of rotatable bonds is 4. The molecule has 2 atom stereocenters. The quantitative estimate of drug-likeness (QED) is 0.776. The van der Waals surface area contributed by atoms with Gasteiger partial charge in [0, 0.05) is 24.0 Å². The fraction of sp³-hybridized carbons (Fsp3) is 0.706. The molecule has 2 aliphatic rings. The molecule has 2 fully saturated rings. The molecular formula is C17H24Cl2N2OS. The van der Waals surface area contributed by atoms with Gasteiger partial charge in [0.25, 0.3) is 0 Å². The lowest BCUT2D eigenvalue weighted by molar-refractivity contribution is -0.133. The van der Waals surface area contributed by atoms with Crippen LogP contribution in [0.3, 0.4) is 0 Å². The van der Waals surface area contributed by atoms with Gasteiger partial charge in [-0.05, 0) is 44.8 Å². The zero-order valence-electron chi connectivity index (χ0n) is 13.6. The zero-order chi connectivity index (χ0) is 16.4. The van der Waals surface area contributed by atoms with Crippen LogP contribution in [0.25, 0.3) is 0 Å². The van der Waals surface area contributed by atoms with Crippen molar-refractivity contribution in [2.45, 2.75) is 57.0 Å². The van der Waals surface area contributed by atoms with Gasteiger partial charge in [-0.2, -0.15) is 0 Å². The highest BCUT2D eigenvalue weighted by Gasteiger charge is 2.35. The van der Waals surface area contributed by atoms with Crippen LogP contribution in [0.5, 0.6) is 0 Å². The highest BCUT2D eigenvalue weighted by molar-refractivity contribution is 7.17. The number of carbonyl (C=O) groups is 1. The minimum Gasteiger partial charge on any atom is -0.341 e. The number of carbonyl (C=O) groups excluding carboxylic acids is 1. The molecule has 3 nitrogen and oxygen atoms in total. The zero-order valence-corrected chi connectivity index (χ0v) is 15.9. The van der Waals surface area contributed by atoms with E-state index in [1.807, 2.05) is 18.0 Å². The summed E-state index contributed by atoms with van der Waals surface area (Å²) in [5.74, 6) is 0.177. The van der Waals surface area contributed by atoms with Gasteiger partial charge in [-0.3, -0.25) is 9.69 Å². The summed E-state index contributed by atoms with van der Waals surface area (Å²) in [7, 11) is 1.97. The molecule has 1 aromatic heterocycles. The van der Waals surface area contributed by atoms with Crippen molar-refractivity contribution in [1.29, 1.82) is 0 Å². The molecule has 0 aromatic carbocycles. The second-order valence-corrected chi connectivity index (χ2v) is 8.82. The number of amides is 1. The molecule has 1 aromatic rings. The van der Waals surface area contributed by atoms with Crippen LogP contribution < -0.4 is 0 Å². The van der Waals surface area contributed by atoms with Crippen LogP contribution in [0.15, 0.2) is 6.07 Å². The average molecular weight is 375 g/mol. The Labute approximate surface area is 152 Å². The van der Waals surface area contributed by atoms with Gasteiger partial charge < -0.3 is 4.90 Å². The predicted molar refractivity (Wildman–Crippen MR) is 97.7 cm³/mol. The van der Waals surface area contributed by atoms with E-state index in [1.54, 1.807) is 0 Å². The summed E-state index contributed by atoms with van der Waals surface area (Å²) in [6, 6.07) is 2.70. The highest BCUT2D eigenvalue weighted by Crippen LogP contribution is 2.33. The number of nitrogens with zero attached hydrogens (tertiary/aromatic N) is 2. The molecule has 0 N–H and O–H groups in total. The third-order valence-electron chi connectivity index (χ3n) is 5.22. The number of halogens is 2. The second kappa shape index (κ2) is 7.73. The molecular weight excluding hydrogens is 351 g/mol.